The zero-order valence-corrected chi connectivity index (χ0v) is 13.3. The Morgan fingerprint density at radius 2 is 2.04 bits per heavy atom. The first-order valence-electron chi connectivity index (χ1n) is 7.57. The third kappa shape index (κ3) is 4.77. The Kier molecular flexibility index (Phi) is 6.09. The molecular weight excluding hydrogens is 304 g/mol. The zero-order chi connectivity index (χ0) is 16.7. The zero-order valence-electron chi connectivity index (χ0n) is 13.3. The second kappa shape index (κ2) is 8.27. The first-order chi connectivity index (χ1) is 11.1. The molecule has 0 radical (unpaired) electrons. The van der Waals surface area contributed by atoms with Gasteiger partial charge in [0.05, 0.1) is 13.2 Å². The highest BCUT2D eigenvalue weighted by molar-refractivity contribution is 5.83. The lowest BCUT2D eigenvalue weighted by Crippen LogP contribution is -2.49. The fourth-order valence-electron chi connectivity index (χ4n) is 1.88. The summed E-state index contributed by atoms with van der Waals surface area (Å²) in [6.07, 6.45) is 0.810. The molecule has 1 atom stereocenters. The minimum atomic E-state index is -0.705. The highest BCUT2D eigenvalue weighted by atomic mass is 16.5. The van der Waals surface area contributed by atoms with Crippen LogP contribution in [0.1, 0.15) is 26.3 Å². The Balaban J connectivity index is 1.84. The normalized spacial score (nSPS) is 15.8. The Labute approximate surface area is 133 Å². The van der Waals surface area contributed by atoms with Gasteiger partial charge in [0.15, 0.2) is 6.04 Å². The number of nitrogens with zero attached hydrogens (tertiary/aromatic N) is 5. The van der Waals surface area contributed by atoms with Gasteiger partial charge in [0.1, 0.15) is 0 Å². The average molecular weight is 326 g/mol. The first kappa shape index (κ1) is 16.9. The van der Waals surface area contributed by atoms with Crippen molar-refractivity contribution in [1.82, 2.24) is 36.4 Å². The van der Waals surface area contributed by atoms with Crippen molar-refractivity contribution in [2.75, 3.05) is 37.7 Å². The SMILES string of the molecule is CCCNC(=O)NNC(=O)[C@H](C)n1nnc(N2CCOCC2)n1. The van der Waals surface area contributed by atoms with Crippen LogP contribution in [-0.2, 0) is 9.53 Å². The summed E-state index contributed by atoms with van der Waals surface area (Å²) in [6.45, 7) is 6.68. The van der Waals surface area contributed by atoms with Gasteiger partial charge in [-0.3, -0.25) is 10.2 Å². The predicted octanol–water partition coefficient (Wildman–Crippen LogP) is -1.19. The van der Waals surface area contributed by atoms with Gasteiger partial charge < -0.3 is 15.0 Å². The fourth-order valence-corrected chi connectivity index (χ4v) is 1.88. The summed E-state index contributed by atoms with van der Waals surface area (Å²) in [5, 5.41) is 14.6. The molecule has 128 valence electrons. The van der Waals surface area contributed by atoms with Crippen molar-refractivity contribution < 1.29 is 14.3 Å². The number of ether oxygens (including phenoxy) is 1. The van der Waals surface area contributed by atoms with E-state index in [9.17, 15) is 9.59 Å². The van der Waals surface area contributed by atoms with Gasteiger partial charge in [-0.05, 0) is 18.6 Å². The van der Waals surface area contributed by atoms with Gasteiger partial charge in [0.2, 0.25) is 0 Å². The molecule has 1 aliphatic heterocycles. The number of nitrogens with one attached hydrogen (secondary N) is 3. The van der Waals surface area contributed by atoms with Crippen LogP contribution in [0.25, 0.3) is 0 Å². The summed E-state index contributed by atoms with van der Waals surface area (Å²) in [4.78, 5) is 26.5. The topological polar surface area (TPSA) is 126 Å². The van der Waals surface area contributed by atoms with E-state index in [-0.39, 0.29) is 0 Å². The molecule has 0 spiro atoms. The maximum absolute atomic E-state index is 12.0. The highest BCUT2D eigenvalue weighted by Gasteiger charge is 2.21. The Morgan fingerprint density at radius 3 is 2.74 bits per heavy atom. The molecule has 0 bridgehead atoms. The maximum Gasteiger partial charge on any atom is 0.333 e. The Bertz CT molecular complexity index is 528. The maximum atomic E-state index is 12.0. The molecule has 1 saturated heterocycles. The largest absolute Gasteiger partial charge is 0.378 e. The van der Waals surface area contributed by atoms with Crippen LogP contribution >= 0.6 is 0 Å². The summed E-state index contributed by atoms with van der Waals surface area (Å²) < 4.78 is 5.26. The van der Waals surface area contributed by atoms with Crippen LogP contribution in [0, 0.1) is 0 Å². The molecule has 3 amide bonds. The Morgan fingerprint density at radius 1 is 1.30 bits per heavy atom. The molecule has 11 heteroatoms. The standard InChI is InChI=1S/C12H22N8O3/c1-3-4-13-12(22)16-14-10(21)9(2)20-17-11(15-18-20)19-5-7-23-8-6-19/h9H,3-8H2,1-2H3,(H,14,21)(H2,13,16,22)/t9-/m0/s1. The van der Waals surface area contributed by atoms with E-state index in [0.29, 0.717) is 38.8 Å². The van der Waals surface area contributed by atoms with Gasteiger partial charge in [0.25, 0.3) is 11.9 Å². The van der Waals surface area contributed by atoms with Crippen LogP contribution in [0.4, 0.5) is 10.7 Å². The average Bonchev–Trinajstić information content (AvgIpc) is 3.08. The van der Waals surface area contributed by atoms with E-state index in [4.69, 9.17) is 4.74 Å². The van der Waals surface area contributed by atoms with E-state index in [2.05, 4.69) is 31.6 Å². The van der Waals surface area contributed by atoms with Crippen LogP contribution in [-0.4, -0.2) is 65.0 Å². The number of hydrogen-bond donors (Lipinski definition) is 3. The van der Waals surface area contributed by atoms with Crippen molar-refractivity contribution in [3.05, 3.63) is 0 Å². The summed E-state index contributed by atoms with van der Waals surface area (Å²) in [6, 6.07) is -1.17. The summed E-state index contributed by atoms with van der Waals surface area (Å²) in [7, 11) is 0. The molecule has 3 N–H and O–H groups in total. The number of tetrazole rings is 1. The fraction of sp³-hybridized carbons (Fsp3) is 0.750. The molecule has 1 aromatic rings. The monoisotopic (exact) mass is 326 g/mol. The van der Waals surface area contributed by atoms with E-state index < -0.39 is 18.0 Å². The molecule has 2 rings (SSSR count). The Hall–Kier alpha value is -2.43. The van der Waals surface area contributed by atoms with Gasteiger partial charge in [0, 0.05) is 19.6 Å². The molecule has 1 aromatic heterocycles. The molecule has 2 heterocycles. The molecule has 11 nitrogen and oxygen atoms in total. The number of amides is 3. The van der Waals surface area contributed by atoms with Crippen molar-refractivity contribution >= 4 is 17.9 Å². The molecule has 1 aliphatic rings. The first-order valence-corrected chi connectivity index (χ1v) is 7.57. The number of anilines is 1. The molecular formula is C12H22N8O3. The highest BCUT2D eigenvalue weighted by Crippen LogP contribution is 2.09. The second-order valence-electron chi connectivity index (χ2n) is 5.06. The van der Waals surface area contributed by atoms with E-state index in [1.807, 2.05) is 11.8 Å². The molecule has 0 saturated carbocycles. The van der Waals surface area contributed by atoms with Crippen molar-refractivity contribution in [1.29, 1.82) is 0 Å². The predicted molar refractivity (Wildman–Crippen MR) is 80.5 cm³/mol. The van der Waals surface area contributed by atoms with E-state index in [1.165, 1.54) is 4.80 Å². The minimum absolute atomic E-state index is 0.442. The van der Waals surface area contributed by atoms with Gasteiger partial charge in [-0.25, -0.2) is 10.2 Å². The number of urea groups is 1. The molecule has 0 aliphatic carbocycles. The third-order valence-corrected chi connectivity index (χ3v) is 3.27. The number of aromatic nitrogens is 4. The lowest BCUT2D eigenvalue weighted by atomic mass is 10.3. The van der Waals surface area contributed by atoms with Crippen molar-refractivity contribution in [3.63, 3.8) is 0 Å². The number of morpholine rings is 1. The number of hydrogen-bond acceptors (Lipinski definition) is 7. The number of hydrazine groups is 1. The summed E-state index contributed by atoms with van der Waals surface area (Å²) in [5.41, 5.74) is 4.59. The summed E-state index contributed by atoms with van der Waals surface area (Å²) >= 11 is 0. The van der Waals surface area contributed by atoms with E-state index in [1.54, 1.807) is 6.92 Å². The van der Waals surface area contributed by atoms with Crippen LogP contribution in [0.15, 0.2) is 0 Å². The van der Waals surface area contributed by atoms with Gasteiger partial charge >= 0.3 is 6.03 Å². The van der Waals surface area contributed by atoms with Crippen molar-refractivity contribution in [2.45, 2.75) is 26.3 Å². The van der Waals surface area contributed by atoms with E-state index in [0.717, 1.165) is 6.42 Å². The molecule has 23 heavy (non-hydrogen) atoms. The van der Waals surface area contributed by atoms with Crippen molar-refractivity contribution in [3.8, 4) is 0 Å². The lowest BCUT2D eigenvalue weighted by Gasteiger charge is -2.24. The quantitative estimate of drug-likeness (QED) is 0.581. The number of carbonyl (C=O) groups is 2. The van der Waals surface area contributed by atoms with Crippen LogP contribution in [0.3, 0.4) is 0 Å². The third-order valence-electron chi connectivity index (χ3n) is 3.27. The van der Waals surface area contributed by atoms with Gasteiger partial charge in [-0.2, -0.15) is 0 Å². The van der Waals surface area contributed by atoms with Crippen molar-refractivity contribution in [2.24, 2.45) is 0 Å². The minimum Gasteiger partial charge on any atom is -0.378 e. The smallest absolute Gasteiger partial charge is 0.333 e. The molecule has 1 fully saturated rings. The summed E-state index contributed by atoms with van der Waals surface area (Å²) in [5.74, 6) is 0.0178. The van der Waals surface area contributed by atoms with Crippen LogP contribution < -0.4 is 21.1 Å². The molecule has 0 aromatic carbocycles. The van der Waals surface area contributed by atoms with Gasteiger partial charge in [-0.1, -0.05) is 12.0 Å². The van der Waals surface area contributed by atoms with Crippen LogP contribution in [0.2, 0.25) is 0 Å². The lowest BCUT2D eigenvalue weighted by molar-refractivity contribution is -0.125. The molecule has 0 unspecified atom stereocenters. The number of rotatable bonds is 5. The number of carbonyl (C=O) groups excluding carboxylic acids is 2. The van der Waals surface area contributed by atoms with E-state index >= 15 is 0 Å². The van der Waals surface area contributed by atoms with Gasteiger partial charge in [-0.15, -0.1) is 9.90 Å². The second-order valence-corrected chi connectivity index (χ2v) is 5.06. The van der Waals surface area contributed by atoms with Crippen LogP contribution in [0.5, 0.6) is 0 Å².